The quantitative estimate of drug-likeness (QED) is 0.912. The van der Waals surface area contributed by atoms with E-state index in [9.17, 15) is 18.0 Å². The third-order valence-electron chi connectivity index (χ3n) is 1.63. The van der Waals surface area contributed by atoms with Gasteiger partial charge >= 0.3 is 12.3 Å². The Morgan fingerprint density at radius 2 is 2.06 bits per heavy atom. The summed E-state index contributed by atoms with van der Waals surface area (Å²) in [6, 6.07) is 3.03. The number of hydrogen-bond donors (Lipinski definition) is 1. The normalized spacial score (nSPS) is 10.8. The zero-order valence-corrected chi connectivity index (χ0v) is 9.46. The van der Waals surface area contributed by atoms with Crippen molar-refractivity contribution in [1.29, 1.82) is 5.26 Å². The summed E-state index contributed by atoms with van der Waals surface area (Å²) in [5.41, 5.74) is -0.840. The monoisotopic (exact) mass is 309 g/mol. The number of aromatic carboxylic acids is 1. The lowest BCUT2D eigenvalue weighted by Gasteiger charge is -2.10. The maximum Gasteiger partial charge on any atom is 0.573 e. The van der Waals surface area contributed by atoms with Crippen molar-refractivity contribution in [1.82, 2.24) is 0 Å². The minimum Gasteiger partial charge on any atom is -0.478 e. The van der Waals surface area contributed by atoms with Gasteiger partial charge in [-0.05, 0) is 28.1 Å². The number of halogens is 4. The topological polar surface area (TPSA) is 70.3 Å². The number of carboxylic acid groups (broad SMARTS) is 1. The average molecular weight is 310 g/mol. The molecule has 0 fully saturated rings. The molecule has 0 spiro atoms. The fourth-order valence-corrected chi connectivity index (χ4v) is 1.69. The Kier molecular flexibility index (Phi) is 3.63. The van der Waals surface area contributed by atoms with Crippen molar-refractivity contribution >= 4 is 21.9 Å². The Labute approximate surface area is 101 Å². The van der Waals surface area contributed by atoms with Gasteiger partial charge in [-0.15, -0.1) is 13.2 Å². The smallest absolute Gasteiger partial charge is 0.478 e. The van der Waals surface area contributed by atoms with Gasteiger partial charge in [0.15, 0.2) is 0 Å². The van der Waals surface area contributed by atoms with E-state index in [1.807, 2.05) is 0 Å². The van der Waals surface area contributed by atoms with Gasteiger partial charge in [-0.1, -0.05) is 0 Å². The fourth-order valence-electron chi connectivity index (χ4n) is 1.08. The zero-order valence-electron chi connectivity index (χ0n) is 7.88. The molecule has 0 saturated heterocycles. The van der Waals surface area contributed by atoms with Crippen molar-refractivity contribution in [2.24, 2.45) is 0 Å². The number of rotatable bonds is 2. The molecule has 8 heteroatoms. The summed E-state index contributed by atoms with van der Waals surface area (Å²) in [5, 5.41) is 17.4. The van der Waals surface area contributed by atoms with Crippen molar-refractivity contribution in [2.45, 2.75) is 6.36 Å². The SMILES string of the molecule is N#Cc1cc(OC(F)(F)F)cc(Br)c1C(=O)O. The van der Waals surface area contributed by atoms with Gasteiger partial charge in [0.25, 0.3) is 0 Å². The second-order valence-corrected chi connectivity index (χ2v) is 3.65. The van der Waals surface area contributed by atoms with E-state index in [0.717, 1.165) is 6.07 Å². The first kappa shape index (κ1) is 13.3. The average Bonchev–Trinajstić information content (AvgIpc) is 2.12. The summed E-state index contributed by atoms with van der Waals surface area (Å²) >= 11 is 2.77. The summed E-state index contributed by atoms with van der Waals surface area (Å²) in [6.07, 6.45) is -4.91. The molecule has 17 heavy (non-hydrogen) atoms. The van der Waals surface area contributed by atoms with Crippen molar-refractivity contribution in [3.8, 4) is 11.8 Å². The number of ether oxygens (including phenoxy) is 1. The molecule has 4 nitrogen and oxygen atoms in total. The fraction of sp³-hybridized carbons (Fsp3) is 0.111. The molecule has 0 aliphatic heterocycles. The maximum atomic E-state index is 11.9. The van der Waals surface area contributed by atoms with Crippen LogP contribution >= 0.6 is 15.9 Å². The summed E-state index contributed by atoms with van der Waals surface area (Å²) in [5.74, 6) is -2.09. The van der Waals surface area contributed by atoms with Crippen molar-refractivity contribution in [3.05, 3.63) is 27.7 Å². The Morgan fingerprint density at radius 1 is 1.47 bits per heavy atom. The molecule has 0 radical (unpaired) electrons. The van der Waals surface area contributed by atoms with Crippen LogP contribution in [0.2, 0.25) is 0 Å². The molecule has 1 aromatic rings. The van der Waals surface area contributed by atoms with E-state index in [1.54, 1.807) is 0 Å². The third kappa shape index (κ3) is 3.35. The highest BCUT2D eigenvalue weighted by molar-refractivity contribution is 9.10. The molecule has 0 aliphatic carbocycles. The number of carboxylic acids is 1. The van der Waals surface area contributed by atoms with Crippen molar-refractivity contribution in [3.63, 3.8) is 0 Å². The molecule has 0 amide bonds. The number of carbonyl (C=O) groups is 1. The van der Waals surface area contributed by atoms with E-state index in [2.05, 4.69) is 20.7 Å². The van der Waals surface area contributed by atoms with Crippen LogP contribution in [0.5, 0.6) is 5.75 Å². The van der Waals surface area contributed by atoms with E-state index >= 15 is 0 Å². The van der Waals surface area contributed by atoms with Crippen LogP contribution in [0.1, 0.15) is 15.9 Å². The lowest BCUT2D eigenvalue weighted by molar-refractivity contribution is -0.274. The Bertz CT molecular complexity index is 507. The second-order valence-electron chi connectivity index (χ2n) is 2.79. The van der Waals surface area contributed by atoms with Crippen LogP contribution in [0, 0.1) is 11.3 Å². The van der Waals surface area contributed by atoms with Crippen LogP contribution in [-0.2, 0) is 0 Å². The maximum absolute atomic E-state index is 11.9. The lowest BCUT2D eigenvalue weighted by atomic mass is 10.1. The first-order valence-electron chi connectivity index (χ1n) is 3.97. The number of hydrogen-bond acceptors (Lipinski definition) is 3. The van der Waals surface area contributed by atoms with Gasteiger partial charge in [0.1, 0.15) is 11.8 Å². The van der Waals surface area contributed by atoms with E-state index in [0.29, 0.717) is 6.07 Å². The second kappa shape index (κ2) is 4.63. The van der Waals surface area contributed by atoms with Gasteiger partial charge in [0.05, 0.1) is 11.1 Å². The van der Waals surface area contributed by atoms with E-state index in [4.69, 9.17) is 10.4 Å². The highest BCUT2D eigenvalue weighted by Crippen LogP contribution is 2.30. The molecule has 0 heterocycles. The van der Waals surface area contributed by atoms with Crippen LogP contribution in [0.4, 0.5) is 13.2 Å². The summed E-state index contributed by atoms with van der Waals surface area (Å²) in [6.45, 7) is 0. The minimum absolute atomic E-state index is 0.164. The van der Waals surface area contributed by atoms with Gasteiger partial charge in [0.2, 0.25) is 0 Å². The molecule has 1 N–H and O–H groups in total. The standard InChI is InChI=1S/C9H3BrF3NO3/c10-6-2-5(17-9(11,12)13)1-4(3-14)7(6)8(15)16/h1-2H,(H,15,16). The van der Waals surface area contributed by atoms with Crippen LogP contribution in [-0.4, -0.2) is 17.4 Å². The van der Waals surface area contributed by atoms with Crippen LogP contribution in [0.15, 0.2) is 16.6 Å². The van der Waals surface area contributed by atoms with E-state index in [1.165, 1.54) is 6.07 Å². The molecule has 90 valence electrons. The molecule has 0 bridgehead atoms. The zero-order chi connectivity index (χ0) is 13.2. The summed E-state index contributed by atoms with van der Waals surface area (Å²) < 4.78 is 39.2. The van der Waals surface area contributed by atoms with E-state index < -0.39 is 29.2 Å². The van der Waals surface area contributed by atoms with Gasteiger partial charge in [-0.3, -0.25) is 0 Å². The molecular weight excluding hydrogens is 307 g/mol. The predicted molar refractivity (Wildman–Crippen MR) is 52.5 cm³/mol. The third-order valence-corrected chi connectivity index (χ3v) is 2.26. The largest absolute Gasteiger partial charge is 0.573 e. The number of nitriles is 1. The molecule has 0 saturated carbocycles. The molecule has 1 aromatic carbocycles. The lowest BCUT2D eigenvalue weighted by Crippen LogP contribution is -2.17. The highest BCUT2D eigenvalue weighted by Gasteiger charge is 2.32. The molecular formula is C9H3BrF3NO3. The molecule has 0 aliphatic rings. The van der Waals surface area contributed by atoms with Crippen LogP contribution in [0.3, 0.4) is 0 Å². The van der Waals surface area contributed by atoms with Crippen molar-refractivity contribution < 1.29 is 27.8 Å². The molecule has 0 atom stereocenters. The predicted octanol–water partition coefficient (Wildman–Crippen LogP) is 2.92. The first-order chi connectivity index (χ1) is 7.74. The first-order valence-corrected chi connectivity index (χ1v) is 4.76. The number of alkyl halides is 3. The van der Waals surface area contributed by atoms with Crippen LogP contribution in [0.25, 0.3) is 0 Å². The summed E-state index contributed by atoms with van der Waals surface area (Å²) in [4.78, 5) is 10.8. The van der Waals surface area contributed by atoms with Crippen molar-refractivity contribution in [2.75, 3.05) is 0 Å². The van der Waals surface area contributed by atoms with Gasteiger partial charge < -0.3 is 9.84 Å². The van der Waals surface area contributed by atoms with Crippen LogP contribution < -0.4 is 4.74 Å². The molecule has 0 aromatic heterocycles. The Balaban J connectivity index is 3.29. The highest BCUT2D eigenvalue weighted by atomic mass is 79.9. The number of benzene rings is 1. The van der Waals surface area contributed by atoms with Gasteiger partial charge in [0, 0.05) is 4.47 Å². The van der Waals surface area contributed by atoms with Gasteiger partial charge in [-0.25, -0.2) is 4.79 Å². The molecule has 0 unspecified atom stereocenters. The van der Waals surface area contributed by atoms with Gasteiger partial charge in [-0.2, -0.15) is 5.26 Å². The number of nitrogens with zero attached hydrogens (tertiary/aromatic N) is 1. The minimum atomic E-state index is -4.91. The molecule has 1 rings (SSSR count). The summed E-state index contributed by atoms with van der Waals surface area (Å²) in [7, 11) is 0. The Hall–Kier alpha value is -1.75. The Morgan fingerprint density at radius 3 is 2.47 bits per heavy atom. The van der Waals surface area contributed by atoms with E-state index in [-0.39, 0.29) is 4.47 Å².